The summed E-state index contributed by atoms with van der Waals surface area (Å²) in [5.74, 6) is 0. The topological polar surface area (TPSA) is 91.8 Å². The Morgan fingerprint density at radius 1 is 1.12 bits per heavy atom. The van der Waals surface area contributed by atoms with E-state index in [1.807, 2.05) is 0 Å². The number of halogens is 2. The molecule has 0 N–H and O–H groups in total. The molecule has 2 amide bonds. The maximum absolute atomic E-state index is 12.7. The van der Waals surface area contributed by atoms with Crippen molar-refractivity contribution in [3.8, 4) is 0 Å². The lowest BCUT2D eigenvalue weighted by Crippen LogP contribution is -2.44. The van der Waals surface area contributed by atoms with Crippen LogP contribution in [-0.4, -0.2) is 45.1 Å². The molecule has 0 aromatic carbocycles. The van der Waals surface area contributed by atoms with E-state index >= 15 is 0 Å². The fourth-order valence-electron chi connectivity index (χ4n) is 0.850. The first kappa shape index (κ1) is 16.0. The predicted octanol–water partition coefficient (Wildman–Crippen LogP) is 0.569. The fraction of sp³-hybridized carbons (Fsp3) is 0.833. The van der Waals surface area contributed by atoms with E-state index in [-0.39, 0.29) is 10.7 Å². The Kier molecular flexibility index (Phi) is 5.26. The molecule has 102 valence electrons. The van der Waals surface area contributed by atoms with Crippen molar-refractivity contribution in [3.63, 3.8) is 0 Å². The molecule has 0 heterocycles. The molecule has 7 nitrogen and oxygen atoms in total. The molecule has 17 heavy (non-hydrogen) atoms. The molecule has 0 saturated carbocycles. The summed E-state index contributed by atoms with van der Waals surface area (Å²) in [6, 6.07) is -1.80. The van der Waals surface area contributed by atoms with Gasteiger partial charge in [0.15, 0.2) is 0 Å². The van der Waals surface area contributed by atoms with Crippen LogP contribution >= 0.6 is 0 Å². The van der Waals surface area contributed by atoms with Crippen molar-refractivity contribution in [1.29, 1.82) is 0 Å². The molecular weight excluding hydrogens is 282 g/mol. The summed E-state index contributed by atoms with van der Waals surface area (Å²) in [6.45, 7) is 1.08. The Bertz CT molecular complexity index is 475. The molecule has 0 rings (SSSR count). The van der Waals surface area contributed by atoms with E-state index in [0.717, 1.165) is 0 Å². The summed E-state index contributed by atoms with van der Waals surface area (Å²) in [5.41, 5.74) is 0. The highest BCUT2D eigenvalue weighted by molar-refractivity contribution is 7.85. The van der Waals surface area contributed by atoms with Gasteiger partial charge in [0.1, 0.15) is 0 Å². The van der Waals surface area contributed by atoms with E-state index in [9.17, 15) is 29.4 Å². The molecule has 0 aromatic heterocycles. The van der Waals surface area contributed by atoms with Gasteiger partial charge in [-0.1, -0.05) is 21.1 Å². The van der Waals surface area contributed by atoms with Crippen molar-refractivity contribution >= 4 is 26.8 Å². The minimum absolute atomic E-state index is 0.120. The SMILES string of the molecule is CCCCN(C(=O)N(C)S(=O)(=O)F)S(=O)(=O)F. The lowest BCUT2D eigenvalue weighted by atomic mass is 10.3. The van der Waals surface area contributed by atoms with E-state index in [0.29, 0.717) is 13.5 Å². The van der Waals surface area contributed by atoms with E-state index in [2.05, 4.69) is 0 Å². The van der Waals surface area contributed by atoms with Gasteiger partial charge in [-0.25, -0.2) is 4.79 Å². The first-order valence-electron chi connectivity index (χ1n) is 4.46. The maximum atomic E-state index is 12.7. The highest BCUT2D eigenvalue weighted by Gasteiger charge is 2.34. The van der Waals surface area contributed by atoms with Gasteiger partial charge in [0.2, 0.25) is 0 Å². The molecule has 0 spiro atoms. The predicted molar refractivity (Wildman–Crippen MR) is 54.8 cm³/mol. The highest BCUT2D eigenvalue weighted by atomic mass is 32.3. The van der Waals surface area contributed by atoms with Crippen molar-refractivity contribution in [2.45, 2.75) is 19.8 Å². The molecule has 0 radical (unpaired) electrons. The number of nitrogens with zero attached hydrogens (tertiary/aromatic N) is 2. The van der Waals surface area contributed by atoms with Crippen molar-refractivity contribution < 1.29 is 29.4 Å². The van der Waals surface area contributed by atoms with Crippen molar-refractivity contribution in [2.24, 2.45) is 0 Å². The summed E-state index contributed by atoms with van der Waals surface area (Å²) in [6.07, 6.45) is 0.556. The molecule has 0 atom stereocenters. The molecule has 0 aliphatic rings. The third kappa shape index (κ3) is 4.81. The summed E-state index contributed by atoms with van der Waals surface area (Å²) in [4.78, 5) is 11.3. The molecule has 0 aromatic rings. The fourth-order valence-corrected chi connectivity index (χ4v) is 1.84. The molecule has 0 unspecified atom stereocenters. The lowest BCUT2D eigenvalue weighted by Gasteiger charge is -2.21. The van der Waals surface area contributed by atoms with Gasteiger partial charge in [0.25, 0.3) is 0 Å². The molecule has 11 heteroatoms. The summed E-state index contributed by atoms with van der Waals surface area (Å²) in [5, 5.41) is 0. The second-order valence-electron chi connectivity index (χ2n) is 3.06. The standard InChI is InChI=1S/C6H12F2N2O5S2/c1-3-4-5-10(17(8,14)15)6(11)9(2)16(7,12)13/h3-5H2,1-2H3. The van der Waals surface area contributed by atoms with Crippen LogP contribution in [0.5, 0.6) is 0 Å². The molecule has 0 aliphatic carbocycles. The number of rotatable bonds is 5. The van der Waals surface area contributed by atoms with Gasteiger partial charge >= 0.3 is 26.8 Å². The number of unbranched alkanes of at least 4 members (excludes halogenated alkanes) is 1. The van der Waals surface area contributed by atoms with Crippen LogP contribution in [0.2, 0.25) is 0 Å². The first-order valence-corrected chi connectivity index (χ1v) is 7.14. The van der Waals surface area contributed by atoms with E-state index in [4.69, 9.17) is 0 Å². The largest absolute Gasteiger partial charge is 0.403 e. The number of urea groups is 1. The summed E-state index contributed by atoms with van der Waals surface area (Å²) in [7, 11) is -10.4. The Morgan fingerprint density at radius 3 is 1.88 bits per heavy atom. The normalized spacial score (nSPS) is 12.2. The van der Waals surface area contributed by atoms with Crippen LogP contribution in [0.25, 0.3) is 0 Å². The molecule has 0 fully saturated rings. The van der Waals surface area contributed by atoms with Crippen molar-refractivity contribution in [1.82, 2.24) is 8.61 Å². The smallest absolute Gasteiger partial charge is 0.246 e. The van der Waals surface area contributed by atoms with E-state index < -0.39 is 37.7 Å². The molecular formula is C6H12F2N2O5S2. The summed E-state index contributed by atoms with van der Waals surface area (Å²) < 4.78 is 66.3. The number of carbonyl (C=O) groups is 1. The van der Waals surface area contributed by atoms with Gasteiger partial charge in [0.05, 0.1) is 0 Å². The number of amides is 2. The van der Waals surface area contributed by atoms with Gasteiger partial charge in [-0.3, -0.25) is 0 Å². The maximum Gasteiger partial charge on any atom is 0.403 e. The van der Waals surface area contributed by atoms with E-state index in [1.165, 1.54) is 0 Å². The van der Waals surface area contributed by atoms with Gasteiger partial charge in [0, 0.05) is 13.6 Å². The van der Waals surface area contributed by atoms with Crippen molar-refractivity contribution in [2.75, 3.05) is 13.6 Å². The van der Waals surface area contributed by atoms with Crippen LogP contribution in [0.4, 0.5) is 12.6 Å². The van der Waals surface area contributed by atoms with Crippen LogP contribution in [0.3, 0.4) is 0 Å². The second-order valence-corrected chi connectivity index (χ2v) is 5.70. The third-order valence-corrected chi connectivity index (χ3v) is 3.46. The average molecular weight is 294 g/mol. The molecule has 0 bridgehead atoms. The Morgan fingerprint density at radius 2 is 1.59 bits per heavy atom. The molecule has 0 aliphatic heterocycles. The summed E-state index contributed by atoms with van der Waals surface area (Å²) >= 11 is 0. The van der Waals surface area contributed by atoms with Gasteiger partial charge in [-0.2, -0.15) is 25.4 Å². The third-order valence-electron chi connectivity index (χ3n) is 1.79. The zero-order chi connectivity index (χ0) is 13.9. The lowest BCUT2D eigenvalue weighted by molar-refractivity contribution is 0.205. The quantitative estimate of drug-likeness (QED) is 0.691. The Hall–Kier alpha value is -0.970. The number of carbonyl (C=O) groups excluding carboxylic acids is 1. The van der Waals surface area contributed by atoms with E-state index in [1.54, 1.807) is 6.92 Å². The first-order chi connectivity index (χ1) is 7.51. The van der Waals surface area contributed by atoms with Crippen molar-refractivity contribution in [3.05, 3.63) is 0 Å². The van der Waals surface area contributed by atoms with Gasteiger partial charge in [-0.15, -0.1) is 0 Å². The van der Waals surface area contributed by atoms with Gasteiger partial charge < -0.3 is 0 Å². The zero-order valence-electron chi connectivity index (χ0n) is 9.13. The Balaban J connectivity index is 5.15. The molecule has 0 saturated heterocycles. The van der Waals surface area contributed by atoms with Crippen LogP contribution in [0.15, 0.2) is 0 Å². The van der Waals surface area contributed by atoms with Crippen LogP contribution in [0, 0.1) is 0 Å². The minimum atomic E-state index is -5.43. The Labute approximate surface area is 98.7 Å². The number of hydrogen-bond acceptors (Lipinski definition) is 5. The average Bonchev–Trinajstić information content (AvgIpc) is 2.13. The number of hydrogen-bond donors (Lipinski definition) is 0. The zero-order valence-corrected chi connectivity index (χ0v) is 10.8. The van der Waals surface area contributed by atoms with Crippen LogP contribution < -0.4 is 0 Å². The highest BCUT2D eigenvalue weighted by Crippen LogP contribution is 2.12. The van der Waals surface area contributed by atoms with Crippen LogP contribution in [-0.2, 0) is 20.8 Å². The second kappa shape index (κ2) is 5.58. The minimum Gasteiger partial charge on any atom is -0.246 e. The van der Waals surface area contributed by atoms with Gasteiger partial charge in [-0.05, 0) is 6.42 Å². The monoisotopic (exact) mass is 294 g/mol. The van der Waals surface area contributed by atoms with Crippen LogP contribution in [0.1, 0.15) is 19.8 Å².